The first-order valence-electron chi connectivity index (χ1n) is 8.33. The number of hydrogen-bond donors (Lipinski definition) is 2. The third-order valence-electron chi connectivity index (χ3n) is 4.54. The molecule has 2 heterocycles. The number of piperidine rings is 1. The highest BCUT2D eigenvalue weighted by atomic mass is 16.3. The number of hydrogen-bond acceptors (Lipinski definition) is 5. The molecule has 0 spiro atoms. The molecule has 3 rings (SSSR count). The monoisotopic (exact) mass is 322 g/mol. The third kappa shape index (κ3) is 4.03. The Morgan fingerprint density at radius 1 is 1.17 bits per heavy atom. The number of rotatable bonds is 5. The number of aromatic nitrogens is 1. The number of aliphatic hydroxyl groups excluding tert-OH is 1. The van der Waals surface area contributed by atoms with E-state index in [1.54, 1.807) is 0 Å². The van der Waals surface area contributed by atoms with Crippen molar-refractivity contribution in [2.24, 2.45) is 5.92 Å². The van der Waals surface area contributed by atoms with E-state index in [0.29, 0.717) is 24.6 Å². The molecule has 5 heteroatoms. The average molecular weight is 322 g/mol. The maximum Gasteiger partial charge on any atom is 0.126 e. The second-order valence-electron chi connectivity index (χ2n) is 6.18. The summed E-state index contributed by atoms with van der Waals surface area (Å²) in [5.41, 5.74) is 2.92. The summed E-state index contributed by atoms with van der Waals surface area (Å²) < 4.78 is 0. The number of nitrogens with one attached hydrogen (secondary N) is 1. The topological polar surface area (TPSA) is 72.2 Å². The van der Waals surface area contributed by atoms with Crippen LogP contribution in [0.5, 0.6) is 0 Å². The maximum absolute atomic E-state index is 9.21. The number of anilines is 2. The Kier molecular flexibility index (Phi) is 5.29. The van der Waals surface area contributed by atoms with Crippen LogP contribution in [-0.2, 0) is 6.54 Å². The van der Waals surface area contributed by atoms with Crippen LogP contribution in [0.3, 0.4) is 0 Å². The van der Waals surface area contributed by atoms with Gasteiger partial charge in [-0.3, -0.25) is 0 Å². The molecule has 124 valence electrons. The van der Waals surface area contributed by atoms with Crippen LogP contribution in [0.1, 0.15) is 24.0 Å². The van der Waals surface area contributed by atoms with Crippen LogP contribution in [0.2, 0.25) is 0 Å². The number of nitrogens with zero attached hydrogens (tertiary/aromatic N) is 3. The smallest absolute Gasteiger partial charge is 0.126 e. The summed E-state index contributed by atoms with van der Waals surface area (Å²) in [5.74, 6) is 1.29. The van der Waals surface area contributed by atoms with E-state index in [-0.39, 0.29) is 0 Å². The summed E-state index contributed by atoms with van der Waals surface area (Å²) in [6.45, 7) is 2.93. The first kappa shape index (κ1) is 16.3. The Labute approximate surface area is 142 Å². The zero-order chi connectivity index (χ0) is 16.8. The molecule has 0 bridgehead atoms. The van der Waals surface area contributed by atoms with E-state index < -0.39 is 0 Å². The van der Waals surface area contributed by atoms with Crippen LogP contribution in [0.4, 0.5) is 11.5 Å². The largest absolute Gasteiger partial charge is 0.396 e. The van der Waals surface area contributed by atoms with Gasteiger partial charge < -0.3 is 15.3 Å². The van der Waals surface area contributed by atoms with Gasteiger partial charge in [0, 0.05) is 26.2 Å². The standard InChI is InChI=1S/C19H22N4O/c20-11-15-1-3-16(4-2-15)12-21-19-6-5-18(13-22-19)23-9-7-17(14-24)8-10-23/h1-6,13,17,24H,7-10,12,14H2,(H,21,22). The second-order valence-corrected chi connectivity index (χ2v) is 6.18. The molecule has 5 nitrogen and oxygen atoms in total. The molecule has 2 N–H and O–H groups in total. The van der Waals surface area contributed by atoms with Crippen molar-refractivity contribution >= 4 is 11.5 Å². The van der Waals surface area contributed by atoms with Crippen molar-refractivity contribution in [1.82, 2.24) is 4.98 Å². The molecule has 0 aliphatic carbocycles. The highest BCUT2D eigenvalue weighted by Crippen LogP contribution is 2.23. The minimum atomic E-state index is 0.296. The average Bonchev–Trinajstić information content (AvgIpc) is 2.67. The van der Waals surface area contributed by atoms with Crippen LogP contribution >= 0.6 is 0 Å². The van der Waals surface area contributed by atoms with Gasteiger partial charge in [-0.05, 0) is 48.6 Å². The van der Waals surface area contributed by atoms with Crippen molar-refractivity contribution < 1.29 is 5.11 Å². The molecule has 24 heavy (non-hydrogen) atoms. The summed E-state index contributed by atoms with van der Waals surface area (Å²) in [6.07, 6.45) is 3.98. The molecule has 0 atom stereocenters. The normalized spacial score (nSPS) is 15.1. The molecule has 0 radical (unpaired) electrons. The Bertz CT molecular complexity index is 683. The number of benzene rings is 1. The molecule has 0 unspecified atom stereocenters. The fourth-order valence-electron chi connectivity index (χ4n) is 2.94. The van der Waals surface area contributed by atoms with Crippen molar-refractivity contribution in [2.45, 2.75) is 19.4 Å². The Morgan fingerprint density at radius 2 is 1.92 bits per heavy atom. The lowest BCUT2D eigenvalue weighted by Crippen LogP contribution is -2.34. The van der Waals surface area contributed by atoms with Crippen molar-refractivity contribution in [1.29, 1.82) is 5.26 Å². The summed E-state index contributed by atoms with van der Waals surface area (Å²) in [7, 11) is 0. The number of aliphatic hydroxyl groups is 1. The van der Waals surface area contributed by atoms with Crippen LogP contribution < -0.4 is 10.2 Å². The summed E-state index contributed by atoms with van der Waals surface area (Å²) in [5, 5.41) is 21.3. The lowest BCUT2D eigenvalue weighted by Gasteiger charge is -2.32. The van der Waals surface area contributed by atoms with E-state index in [9.17, 15) is 5.11 Å². The summed E-state index contributed by atoms with van der Waals surface area (Å²) in [6, 6.07) is 13.8. The molecule has 1 aliphatic heterocycles. The Morgan fingerprint density at radius 3 is 2.50 bits per heavy atom. The molecule has 2 aromatic rings. The summed E-state index contributed by atoms with van der Waals surface area (Å²) >= 11 is 0. The highest BCUT2D eigenvalue weighted by molar-refractivity contribution is 5.50. The van der Waals surface area contributed by atoms with Crippen LogP contribution in [-0.4, -0.2) is 29.8 Å². The van der Waals surface area contributed by atoms with Gasteiger partial charge in [0.25, 0.3) is 0 Å². The van der Waals surface area contributed by atoms with Crippen LogP contribution in [0, 0.1) is 17.2 Å². The van der Waals surface area contributed by atoms with Gasteiger partial charge in [0.05, 0.1) is 23.5 Å². The number of nitriles is 1. The molecular formula is C19H22N4O. The molecule has 0 amide bonds. The van der Waals surface area contributed by atoms with Crippen molar-refractivity contribution in [3.05, 3.63) is 53.7 Å². The zero-order valence-electron chi connectivity index (χ0n) is 13.7. The van der Waals surface area contributed by atoms with E-state index in [1.165, 1.54) is 0 Å². The zero-order valence-corrected chi connectivity index (χ0v) is 13.7. The van der Waals surface area contributed by atoms with Crippen molar-refractivity contribution in [3.63, 3.8) is 0 Å². The quantitative estimate of drug-likeness (QED) is 0.885. The maximum atomic E-state index is 9.21. The van der Waals surface area contributed by atoms with E-state index in [1.807, 2.05) is 36.5 Å². The van der Waals surface area contributed by atoms with Crippen molar-refractivity contribution in [3.8, 4) is 6.07 Å². The van der Waals surface area contributed by atoms with E-state index in [0.717, 1.165) is 43.0 Å². The van der Waals surface area contributed by atoms with E-state index in [2.05, 4.69) is 27.3 Å². The fourth-order valence-corrected chi connectivity index (χ4v) is 2.94. The molecule has 0 saturated carbocycles. The molecular weight excluding hydrogens is 300 g/mol. The molecule has 1 saturated heterocycles. The van der Waals surface area contributed by atoms with Crippen LogP contribution in [0.15, 0.2) is 42.6 Å². The lowest BCUT2D eigenvalue weighted by molar-refractivity contribution is 0.203. The highest BCUT2D eigenvalue weighted by Gasteiger charge is 2.18. The SMILES string of the molecule is N#Cc1ccc(CNc2ccc(N3CCC(CO)CC3)cn2)cc1. The molecule has 1 fully saturated rings. The van der Waals surface area contributed by atoms with Gasteiger partial charge in [-0.1, -0.05) is 12.1 Å². The van der Waals surface area contributed by atoms with Gasteiger partial charge in [-0.2, -0.15) is 5.26 Å². The van der Waals surface area contributed by atoms with E-state index >= 15 is 0 Å². The third-order valence-corrected chi connectivity index (χ3v) is 4.54. The lowest BCUT2D eigenvalue weighted by atomic mass is 9.98. The molecule has 1 aromatic heterocycles. The Hall–Kier alpha value is -2.58. The number of pyridine rings is 1. The van der Waals surface area contributed by atoms with E-state index in [4.69, 9.17) is 5.26 Å². The fraction of sp³-hybridized carbons (Fsp3) is 0.368. The predicted molar refractivity (Wildman–Crippen MR) is 94.7 cm³/mol. The van der Waals surface area contributed by atoms with Gasteiger partial charge in [0.15, 0.2) is 0 Å². The predicted octanol–water partition coefficient (Wildman–Crippen LogP) is 2.77. The van der Waals surface area contributed by atoms with Gasteiger partial charge in [-0.15, -0.1) is 0 Å². The minimum absolute atomic E-state index is 0.296. The first-order chi connectivity index (χ1) is 11.8. The molecule has 1 aliphatic rings. The minimum Gasteiger partial charge on any atom is -0.396 e. The summed E-state index contributed by atoms with van der Waals surface area (Å²) in [4.78, 5) is 6.81. The van der Waals surface area contributed by atoms with Gasteiger partial charge >= 0.3 is 0 Å². The van der Waals surface area contributed by atoms with Gasteiger partial charge in [-0.25, -0.2) is 4.98 Å². The Balaban J connectivity index is 1.53. The molecule has 1 aromatic carbocycles. The van der Waals surface area contributed by atoms with Crippen LogP contribution in [0.25, 0.3) is 0 Å². The van der Waals surface area contributed by atoms with Gasteiger partial charge in [0.2, 0.25) is 0 Å². The van der Waals surface area contributed by atoms with Crippen molar-refractivity contribution in [2.75, 3.05) is 29.9 Å². The second kappa shape index (κ2) is 7.80. The van der Waals surface area contributed by atoms with Gasteiger partial charge in [0.1, 0.15) is 5.82 Å². The first-order valence-corrected chi connectivity index (χ1v) is 8.33.